The van der Waals surface area contributed by atoms with Crippen LogP contribution in [0.2, 0.25) is 0 Å². The van der Waals surface area contributed by atoms with Crippen molar-refractivity contribution in [1.82, 2.24) is 4.72 Å². The van der Waals surface area contributed by atoms with E-state index in [2.05, 4.69) is 4.72 Å². The van der Waals surface area contributed by atoms with E-state index in [1.807, 2.05) is 36.4 Å². The monoisotopic (exact) mass is 416 g/mol. The molecule has 1 fully saturated rings. The van der Waals surface area contributed by atoms with Crippen LogP contribution in [0.4, 0.5) is 5.69 Å². The molecular weight excluding hydrogens is 392 g/mol. The number of carbonyl (C=O) groups excluding carboxylic acids is 2. The Morgan fingerprint density at radius 2 is 1.79 bits per heavy atom. The van der Waals surface area contributed by atoms with Gasteiger partial charge in [0.15, 0.2) is 0 Å². The van der Waals surface area contributed by atoms with Gasteiger partial charge in [0.25, 0.3) is 0 Å². The number of β-lactam (4-membered cyclic amide) rings is 1. The van der Waals surface area contributed by atoms with Crippen LogP contribution in [0, 0.1) is 0 Å². The molecule has 1 atom stereocenters. The lowest BCUT2D eigenvalue weighted by molar-refractivity contribution is -0.131. The fraction of sp³-hybridized carbons (Fsp3) is 0.333. The van der Waals surface area contributed by atoms with E-state index < -0.39 is 10.0 Å². The van der Waals surface area contributed by atoms with Crippen molar-refractivity contribution >= 4 is 27.6 Å². The minimum Gasteiger partial charge on any atom is -0.427 e. The van der Waals surface area contributed by atoms with Crippen LogP contribution < -0.4 is 14.4 Å². The Kier molecular flexibility index (Phi) is 6.34. The molecule has 0 radical (unpaired) electrons. The number of esters is 1. The first-order valence-electron chi connectivity index (χ1n) is 9.37. The number of carbonyl (C=O) groups is 2. The molecule has 0 bridgehead atoms. The highest BCUT2D eigenvalue weighted by Gasteiger charge is 2.38. The number of benzene rings is 2. The second kappa shape index (κ2) is 8.75. The molecular formula is C21H24N2O5S. The van der Waals surface area contributed by atoms with Gasteiger partial charge in [-0.05, 0) is 48.2 Å². The van der Waals surface area contributed by atoms with Gasteiger partial charge in [0.2, 0.25) is 15.9 Å². The zero-order chi connectivity index (χ0) is 21.0. The Hall–Kier alpha value is -2.71. The summed E-state index contributed by atoms with van der Waals surface area (Å²) in [4.78, 5) is 25.0. The van der Waals surface area contributed by atoms with E-state index in [0.29, 0.717) is 25.1 Å². The highest BCUT2D eigenvalue weighted by molar-refractivity contribution is 7.88. The summed E-state index contributed by atoms with van der Waals surface area (Å²) in [6.45, 7) is 1.75. The highest BCUT2D eigenvalue weighted by Crippen LogP contribution is 2.39. The number of hydrogen-bond acceptors (Lipinski definition) is 5. The van der Waals surface area contributed by atoms with Crippen LogP contribution in [0.3, 0.4) is 0 Å². The average Bonchev–Trinajstić information content (AvgIpc) is 2.64. The number of anilines is 1. The fourth-order valence-corrected chi connectivity index (χ4v) is 3.82. The van der Waals surface area contributed by atoms with Crippen LogP contribution in [-0.2, 0) is 26.0 Å². The molecule has 1 saturated heterocycles. The van der Waals surface area contributed by atoms with Crippen molar-refractivity contribution in [2.75, 3.05) is 17.7 Å². The van der Waals surface area contributed by atoms with Gasteiger partial charge < -0.3 is 9.64 Å². The molecule has 1 amide bonds. The lowest BCUT2D eigenvalue weighted by atomic mass is 9.92. The first kappa shape index (κ1) is 21.0. The van der Waals surface area contributed by atoms with E-state index in [0.717, 1.165) is 29.5 Å². The normalized spacial score (nSPS) is 16.4. The van der Waals surface area contributed by atoms with Gasteiger partial charge in [-0.1, -0.05) is 24.3 Å². The molecule has 1 aliphatic heterocycles. The van der Waals surface area contributed by atoms with Gasteiger partial charge in [0, 0.05) is 19.2 Å². The van der Waals surface area contributed by atoms with Crippen molar-refractivity contribution in [3.05, 3.63) is 59.7 Å². The Morgan fingerprint density at radius 1 is 1.14 bits per heavy atom. The van der Waals surface area contributed by atoms with Crippen LogP contribution in [0.15, 0.2) is 48.5 Å². The summed E-state index contributed by atoms with van der Waals surface area (Å²) in [5.41, 5.74) is 2.89. The van der Waals surface area contributed by atoms with Crippen molar-refractivity contribution in [3.63, 3.8) is 0 Å². The smallest absolute Gasteiger partial charge is 0.308 e. The van der Waals surface area contributed by atoms with Crippen molar-refractivity contribution in [3.8, 4) is 5.75 Å². The third kappa shape index (κ3) is 5.65. The van der Waals surface area contributed by atoms with Gasteiger partial charge in [-0.2, -0.15) is 0 Å². The van der Waals surface area contributed by atoms with Crippen LogP contribution in [-0.4, -0.2) is 33.1 Å². The SMILES string of the molecule is CC(=O)Oc1ccc([C@@H]2CC(=O)N2c2ccc(CCCNS(C)(=O)=O)cc2)cc1. The first-order valence-corrected chi connectivity index (χ1v) is 11.3. The summed E-state index contributed by atoms with van der Waals surface area (Å²) < 4.78 is 29.7. The summed E-state index contributed by atoms with van der Waals surface area (Å²) in [5.74, 6) is 0.169. The summed E-state index contributed by atoms with van der Waals surface area (Å²) in [6, 6.07) is 14.9. The third-order valence-corrected chi connectivity index (χ3v) is 5.42. The van der Waals surface area contributed by atoms with Gasteiger partial charge in [0.1, 0.15) is 5.75 Å². The lowest BCUT2D eigenvalue weighted by Gasteiger charge is -2.41. The molecule has 0 saturated carbocycles. The molecule has 1 aliphatic rings. The van der Waals surface area contributed by atoms with Crippen molar-refractivity contribution < 1.29 is 22.7 Å². The second-order valence-electron chi connectivity index (χ2n) is 7.08. The minimum absolute atomic E-state index is 0.0429. The summed E-state index contributed by atoms with van der Waals surface area (Å²) in [7, 11) is -3.16. The number of hydrogen-bond donors (Lipinski definition) is 1. The number of nitrogens with one attached hydrogen (secondary N) is 1. The quantitative estimate of drug-likeness (QED) is 0.309. The Labute approximate surface area is 170 Å². The van der Waals surface area contributed by atoms with Gasteiger partial charge in [-0.25, -0.2) is 13.1 Å². The number of amides is 1. The molecule has 2 aromatic rings. The molecule has 3 rings (SSSR count). The van der Waals surface area contributed by atoms with E-state index in [1.54, 1.807) is 17.0 Å². The summed E-state index contributed by atoms with van der Waals surface area (Å²) in [5, 5.41) is 0. The molecule has 0 unspecified atom stereocenters. The van der Waals surface area contributed by atoms with Crippen LogP contribution >= 0.6 is 0 Å². The molecule has 1 N–H and O–H groups in total. The lowest BCUT2D eigenvalue weighted by Crippen LogP contribution is -2.46. The van der Waals surface area contributed by atoms with Crippen molar-refractivity contribution in [2.24, 2.45) is 0 Å². The number of nitrogens with zero attached hydrogens (tertiary/aromatic N) is 1. The van der Waals surface area contributed by atoms with Crippen molar-refractivity contribution in [1.29, 1.82) is 0 Å². The van der Waals surface area contributed by atoms with Crippen LogP contribution in [0.25, 0.3) is 0 Å². The largest absolute Gasteiger partial charge is 0.427 e. The highest BCUT2D eigenvalue weighted by atomic mass is 32.2. The van der Waals surface area contributed by atoms with Gasteiger partial charge >= 0.3 is 5.97 Å². The molecule has 0 spiro atoms. The van der Waals surface area contributed by atoms with E-state index in [9.17, 15) is 18.0 Å². The molecule has 7 nitrogen and oxygen atoms in total. The van der Waals surface area contributed by atoms with Crippen LogP contribution in [0.5, 0.6) is 5.75 Å². The maximum absolute atomic E-state index is 12.2. The molecule has 0 aliphatic carbocycles. The summed E-state index contributed by atoms with van der Waals surface area (Å²) in [6.07, 6.45) is 3.03. The standard InChI is InChI=1S/C21H24N2O5S/c1-15(24)28-19-11-7-17(8-12-19)20-14-21(25)23(20)18-9-5-16(6-10-18)4-3-13-22-29(2,26)27/h5-12,20,22H,3-4,13-14H2,1-2H3/t20-/m0/s1. The minimum atomic E-state index is -3.16. The van der Waals surface area contributed by atoms with E-state index in [-0.39, 0.29) is 17.9 Å². The zero-order valence-corrected chi connectivity index (χ0v) is 17.2. The van der Waals surface area contributed by atoms with E-state index in [4.69, 9.17) is 4.74 Å². The van der Waals surface area contributed by atoms with Gasteiger partial charge in [-0.3, -0.25) is 9.59 Å². The molecule has 154 valence electrons. The average molecular weight is 416 g/mol. The Balaban J connectivity index is 1.61. The molecule has 2 aromatic carbocycles. The Morgan fingerprint density at radius 3 is 2.34 bits per heavy atom. The second-order valence-corrected chi connectivity index (χ2v) is 8.92. The summed E-state index contributed by atoms with van der Waals surface area (Å²) >= 11 is 0. The predicted molar refractivity (Wildman–Crippen MR) is 110 cm³/mol. The van der Waals surface area contributed by atoms with E-state index in [1.165, 1.54) is 6.92 Å². The maximum Gasteiger partial charge on any atom is 0.308 e. The molecule has 8 heteroatoms. The zero-order valence-electron chi connectivity index (χ0n) is 16.4. The van der Waals surface area contributed by atoms with Gasteiger partial charge in [0.05, 0.1) is 18.7 Å². The maximum atomic E-state index is 12.2. The molecule has 29 heavy (non-hydrogen) atoms. The topological polar surface area (TPSA) is 92.8 Å². The predicted octanol–water partition coefficient (Wildman–Crippen LogP) is 2.57. The number of rotatable bonds is 8. The van der Waals surface area contributed by atoms with Crippen LogP contribution in [0.1, 0.15) is 36.9 Å². The third-order valence-electron chi connectivity index (χ3n) is 4.70. The number of ether oxygens (including phenoxy) is 1. The van der Waals surface area contributed by atoms with Crippen molar-refractivity contribution in [2.45, 2.75) is 32.2 Å². The molecule has 0 aromatic heterocycles. The number of sulfonamides is 1. The van der Waals surface area contributed by atoms with E-state index >= 15 is 0 Å². The van der Waals surface area contributed by atoms with Gasteiger partial charge in [-0.15, -0.1) is 0 Å². The Bertz CT molecular complexity index is 985. The fourth-order valence-electron chi connectivity index (χ4n) is 3.30. The first-order chi connectivity index (χ1) is 13.7. The molecule has 1 heterocycles. The number of aryl methyl sites for hydroxylation is 1.